The monoisotopic (exact) mass is 331 g/mol. The average molecular weight is 332 g/mol. The van der Waals surface area contributed by atoms with Gasteiger partial charge in [0, 0.05) is 23.0 Å². The van der Waals surface area contributed by atoms with Gasteiger partial charge in [-0.2, -0.15) is 0 Å². The summed E-state index contributed by atoms with van der Waals surface area (Å²) < 4.78 is 13.7. The predicted molar refractivity (Wildman–Crippen MR) is 90.2 cm³/mol. The van der Waals surface area contributed by atoms with E-state index in [0.29, 0.717) is 17.5 Å². The van der Waals surface area contributed by atoms with Crippen LogP contribution in [0.2, 0.25) is 5.02 Å². The highest BCUT2D eigenvalue weighted by atomic mass is 35.5. The average Bonchev–Trinajstić information content (AvgIpc) is 2.56. The molecule has 0 spiro atoms. The number of carbonyl (C=O) groups excluding carboxylic acids is 1. The maximum Gasteiger partial charge on any atom is 0.224 e. The molecule has 0 fully saturated rings. The van der Waals surface area contributed by atoms with E-state index >= 15 is 0 Å². The van der Waals surface area contributed by atoms with Crippen LogP contribution in [0, 0.1) is 5.82 Å². The number of rotatable bonds is 4. The molecule has 0 saturated carbocycles. The van der Waals surface area contributed by atoms with Crippen LogP contribution in [0.15, 0.2) is 42.5 Å². The molecule has 0 saturated heterocycles. The van der Waals surface area contributed by atoms with Crippen LogP contribution in [-0.4, -0.2) is 12.5 Å². The zero-order valence-corrected chi connectivity index (χ0v) is 13.6. The van der Waals surface area contributed by atoms with Gasteiger partial charge in [-0.25, -0.2) is 4.39 Å². The number of halogens is 2. The fourth-order valence-corrected chi connectivity index (χ4v) is 3.46. The molecule has 1 atom stereocenters. The van der Waals surface area contributed by atoms with Crippen molar-refractivity contribution in [1.29, 1.82) is 0 Å². The third kappa shape index (κ3) is 3.73. The lowest BCUT2D eigenvalue weighted by Crippen LogP contribution is -2.31. The maximum atomic E-state index is 13.7. The van der Waals surface area contributed by atoms with E-state index in [1.165, 1.54) is 23.3 Å². The van der Waals surface area contributed by atoms with E-state index in [9.17, 15) is 9.18 Å². The zero-order valence-electron chi connectivity index (χ0n) is 12.8. The Morgan fingerprint density at radius 2 is 2.04 bits per heavy atom. The number of benzene rings is 2. The van der Waals surface area contributed by atoms with Crippen LogP contribution in [0.1, 0.15) is 35.4 Å². The SMILES string of the molecule is O=C(Cc1c(F)cccc1Cl)NCC1CCCc2ccccc21. The Morgan fingerprint density at radius 3 is 2.87 bits per heavy atom. The molecule has 0 aromatic heterocycles. The lowest BCUT2D eigenvalue weighted by atomic mass is 9.83. The molecule has 4 heteroatoms. The van der Waals surface area contributed by atoms with Crippen molar-refractivity contribution in [2.24, 2.45) is 0 Å². The van der Waals surface area contributed by atoms with Crippen molar-refractivity contribution >= 4 is 17.5 Å². The number of amides is 1. The molecule has 0 aliphatic heterocycles. The molecule has 2 aromatic rings. The van der Waals surface area contributed by atoms with Crippen molar-refractivity contribution in [3.05, 3.63) is 70.0 Å². The summed E-state index contributed by atoms with van der Waals surface area (Å²) in [6.45, 7) is 0.585. The van der Waals surface area contributed by atoms with E-state index in [2.05, 4.69) is 23.5 Å². The topological polar surface area (TPSA) is 29.1 Å². The molecule has 0 heterocycles. The second kappa shape index (κ2) is 7.14. The number of hydrogen-bond donors (Lipinski definition) is 1. The van der Waals surface area contributed by atoms with Crippen LogP contribution in [0.3, 0.4) is 0 Å². The summed E-state index contributed by atoms with van der Waals surface area (Å²) in [5.74, 6) is -0.296. The Bertz CT molecular complexity index is 696. The van der Waals surface area contributed by atoms with Crippen LogP contribution in [0.5, 0.6) is 0 Å². The summed E-state index contributed by atoms with van der Waals surface area (Å²) in [7, 11) is 0. The van der Waals surface area contributed by atoms with Gasteiger partial charge in [-0.3, -0.25) is 4.79 Å². The van der Waals surface area contributed by atoms with Gasteiger partial charge < -0.3 is 5.32 Å². The normalized spacial score (nSPS) is 16.7. The molecule has 1 amide bonds. The standard InChI is InChI=1S/C19H19ClFNO/c20-17-9-4-10-18(21)16(17)11-19(23)22-12-14-7-3-6-13-5-1-2-8-15(13)14/h1-2,4-5,8-10,14H,3,6-7,11-12H2,(H,22,23). The Morgan fingerprint density at radius 1 is 1.22 bits per heavy atom. The van der Waals surface area contributed by atoms with Crippen molar-refractivity contribution in [2.45, 2.75) is 31.6 Å². The summed E-state index contributed by atoms with van der Waals surface area (Å²) in [4.78, 5) is 12.1. The highest BCUT2D eigenvalue weighted by Gasteiger charge is 2.20. The molecule has 1 aliphatic rings. The summed E-state index contributed by atoms with van der Waals surface area (Å²) >= 11 is 5.97. The van der Waals surface area contributed by atoms with Crippen LogP contribution in [0.4, 0.5) is 4.39 Å². The van der Waals surface area contributed by atoms with Crippen LogP contribution >= 0.6 is 11.6 Å². The van der Waals surface area contributed by atoms with Crippen LogP contribution in [-0.2, 0) is 17.6 Å². The van der Waals surface area contributed by atoms with Crippen molar-refractivity contribution in [3.8, 4) is 0 Å². The van der Waals surface area contributed by atoms with Gasteiger partial charge in [0.1, 0.15) is 5.82 Å². The molecule has 1 unspecified atom stereocenters. The number of carbonyl (C=O) groups is 1. The number of fused-ring (bicyclic) bond motifs is 1. The minimum absolute atomic E-state index is 0.0279. The number of hydrogen-bond acceptors (Lipinski definition) is 1. The highest BCUT2D eigenvalue weighted by Crippen LogP contribution is 2.30. The molecule has 23 heavy (non-hydrogen) atoms. The first kappa shape index (κ1) is 16.0. The molecule has 1 N–H and O–H groups in total. The van der Waals surface area contributed by atoms with Gasteiger partial charge in [0.25, 0.3) is 0 Å². The Hall–Kier alpha value is -1.87. The number of aryl methyl sites for hydroxylation is 1. The number of nitrogens with one attached hydrogen (secondary N) is 1. The molecular weight excluding hydrogens is 313 g/mol. The van der Waals surface area contributed by atoms with Crippen molar-refractivity contribution in [2.75, 3.05) is 6.54 Å². The second-order valence-corrected chi connectivity index (χ2v) is 6.38. The van der Waals surface area contributed by atoms with E-state index in [1.807, 2.05) is 6.07 Å². The molecule has 0 bridgehead atoms. The Balaban J connectivity index is 1.62. The smallest absolute Gasteiger partial charge is 0.224 e. The lowest BCUT2D eigenvalue weighted by Gasteiger charge is -2.25. The first-order valence-electron chi connectivity index (χ1n) is 7.92. The molecule has 1 aliphatic carbocycles. The summed E-state index contributed by atoms with van der Waals surface area (Å²) in [5.41, 5.74) is 2.95. The largest absolute Gasteiger partial charge is 0.355 e. The first-order valence-corrected chi connectivity index (χ1v) is 8.30. The predicted octanol–water partition coefficient (Wildman–Crippen LogP) is 4.26. The van der Waals surface area contributed by atoms with Gasteiger partial charge in [-0.15, -0.1) is 0 Å². The first-order chi connectivity index (χ1) is 11.1. The Labute approximate surface area is 140 Å². The summed E-state index contributed by atoms with van der Waals surface area (Å²) in [6.07, 6.45) is 3.28. The Kier molecular flexibility index (Phi) is 4.97. The van der Waals surface area contributed by atoms with Gasteiger partial charge in [-0.1, -0.05) is 41.9 Å². The van der Waals surface area contributed by atoms with E-state index < -0.39 is 5.82 Å². The van der Waals surface area contributed by atoms with Crippen molar-refractivity contribution in [3.63, 3.8) is 0 Å². The minimum atomic E-state index is -0.435. The maximum absolute atomic E-state index is 13.7. The third-order valence-corrected chi connectivity index (χ3v) is 4.79. The quantitative estimate of drug-likeness (QED) is 0.891. The summed E-state index contributed by atoms with van der Waals surface area (Å²) in [5, 5.41) is 3.23. The van der Waals surface area contributed by atoms with Crippen LogP contribution in [0.25, 0.3) is 0 Å². The molecule has 120 valence electrons. The fraction of sp³-hybridized carbons (Fsp3) is 0.316. The molecule has 3 rings (SSSR count). The fourth-order valence-electron chi connectivity index (χ4n) is 3.23. The molecule has 2 aromatic carbocycles. The highest BCUT2D eigenvalue weighted by molar-refractivity contribution is 6.31. The minimum Gasteiger partial charge on any atom is -0.355 e. The molecule has 0 radical (unpaired) electrons. The van der Waals surface area contributed by atoms with Gasteiger partial charge >= 0.3 is 0 Å². The zero-order chi connectivity index (χ0) is 16.2. The lowest BCUT2D eigenvalue weighted by molar-refractivity contribution is -0.120. The van der Waals surface area contributed by atoms with E-state index in [-0.39, 0.29) is 17.9 Å². The van der Waals surface area contributed by atoms with Gasteiger partial charge in [0.05, 0.1) is 6.42 Å². The van der Waals surface area contributed by atoms with Crippen molar-refractivity contribution in [1.82, 2.24) is 5.32 Å². The third-order valence-electron chi connectivity index (χ3n) is 4.44. The van der Waals surface area contributed by atoms with E-state index in [4.69, 9.17) is 11.6 Å². The van der Waals surface area contributed by atoms with Crippen LogP contribution < -0.4 is 5.32 Å². The van der Waals surface area contributed by atoms with Gasteiger partial charge in [0.15, 0.2) is 0 Å². The van der Waals surface area contributed by atoms with Crippen molar-refractivity contribution < 1.29 is 9.18 Å². The van der Waals surface area contributed by atoms with Gasteiger partial charge in [0.2, 0.25) is 5.91 Å². The second-order valence-electron chi connectivity index (χ2n) is 5.97. The van der Waals surface area contributed by atoms with E-state index in [1.54, 1.807) is 6.07 Å². The van der Waals surface area contributed by atoms with E-state index in [0.717, 1.165) is 19.3 Å². The molecule has 2 nitrogen and oxygen atoms in total. The van der Waals surface area contributed by atoms with Gasteiger partial charge in [-0.05, 0) is 42.5 Å². The summed E-state index contributed by atoms with van der Waals surface area (Å²) in [6, 6.07) is 12.9. The molecular formula is C19H19ClFNO.